The molecular weight excluding hydrogens is 858 g/mol. The maximum atomic E-state index is 15.1. The Kier molecular flexibility index (Phi) is 14.8. The van der Waals surface area contributed by atoms with Crippen LogP contribution in [-0.4, -0.2) is 92.6 Å². The highest BCUT2D eigenvalue weighted by molar-refractivity contribution is 8.30. The van der Waals surface area contributed by atoms with E-state index in [4.69, 9.17) is 19.1 Å². The third kappa shape index (κ3) is 8.66. The Bertz CT molecular complexity index is 1940. The van der Waals surface area contributed by atoms with Gasteiger partial charge in [0.2, 0.25) is 5.90 Å². The van der Waals surface area contributed by atoms with Crippen molar-refractivity contribution < 1.29 is 27.6 Å². The van der Waals surface area contributed by atoms with Crippen molar-refractivity contribution >= 4 is 28.1 Å². The molecule has 6 aliphatic carbocycles. The SMILES string of the molecule is C=C(C)[C@@H]1CC[C@]2(CNCCN3CCC(C(=O)OCC)(C(=O)OCC)CC3)CC[C@]3(C)[C@H](CC[C@@H]4[C@@]5(C)CC=C(C6=CC[C@@](CF)(C(=N)OS(C)(C)C(C)(C)C)CC6)C(C)(C)[C@@H]5CC[C@]43C)[C@@H]12. The predicted molar refractivity (Wildman–Crippen MR) is 275 cm³/mol. The smallest absolute Gasteiger partial charge is 0.323 e. The van der Waals surface area contributed by atoms with Crippen molar-refractivity contribution in [1.29, 1.82) is 5.41 Å². The number of hydrogen-bond acceptors (Lipinski definition) is 8. The largest absolute Gasteiger partial charge is 0.465 e. The van der Waals surface area contributed by atoms with Gasteiger partial charge in [0.25, 0.3) is 0 Å². The molecule has 2 N–H and O–H groups in total. The van der Waals surface area contributed by atoms with Gasteiger partial charge in [0.15, 0.2) is 5.41 Å². The first-order valence-corrected chi connectivity index (χ1v) is 29.1. The monoisotopic (exact) mass is 952 g/mol. The molecule has 0 unspecified atom stereocenters. The standard InChI is InChI=1S/C57H94FN3O5S/c1-15-64-48(62)57(49(63)65-16-2)31-34-61(35-32-57)36-33-60-38-56-28-21-41(39(3)4)46(56)43-17-18-45-52(10)24-22-42(51(8,9)44(52)23-25-54(45,12)53(43,11)29-30-56)40-19-26-55(37-58,27-20-40)47(59)66-67(13,14)50(5,6)7/h19,22,41,43-46,59-60H,3,15-18,20-21,23-38H2,1-2,4-14H3/t41-,43+,44-,45+,46+,52-,53+,54+,55+,56+/m0/s1. The second-order valence-corrected chi connectivity index (χ2v) is 29.6. The van der Waals surface area contributed by atoms with Crippen LogP contribution in [0.2, 0.25) is 0 Å². The Morgan fingerprint density at radius 1 is 0.866 bits per heavy atom. The third-order valence-corrected chi connectivity index (χ3v) is 24.9. The number of carbonyl (C=O) groups excluding carboxylic acids is 2. The van der Waals surface area contributed by atoms with Crippen molar-refractivity contribution in [3.8, 4) is 0 Å². The number of alkyl halides is 1. The zero-order valence-corrected chi connectivity index (χ0v) is 45.4. The van der Waals surface area contributed by atoms with Crippen LogP contribution in [0.15, 0.2) is 35.5 Å². The van der Waals surface area contributed by atoms with E-state index >= 15 is 4.39 Å². The number of ether oxygens (including phenoxy) is 2. The van der Waals surface area contributed by atoms with E-state index < -0.39 is 39.8 Å². The van der Waals surface area contributed by atoms with Gasteiger partial charge in [0, 0.05) is 24.4 Å². The number of piperidine rings is 1. The van der Waals surface area contributed by atoms with Crippen molar-refractivity contribution in [1.82, 2.24) is 10.2 Å². The van der Waals surface area contributed by atoms with E-state index in [0.29, 0.717) is 68.4 Å². The lowest BCUT2D eigenvalue weighted by Gasteiger charge is -2.72. The summed E-state index contributed by atoms with van der Waals surface area (Å²) in [7, 11) is -1.58. The summed E-state index contributed by atoms with van der Waals surface area (Å²) >= 11 is 0. The normalized spacial score (nSPS) is 38.4. The zero-order valence-electron chi connectivity index (χ0n) is 44.6. The number of nitrogens with one attached hydrogen (secondary N) is 2. The summed E-state index contributed by atoms with van der Waals surface area (Å²) < 4.78 is 32.2. The van der Waals surface area contributed by atoms with Crippen molar-refractivity contribution in [2.45, 2.75) is 171 Å². The Balaban J connectivity index is 1.04. The Morgan fingerprint density at radius 3 is 2.09 bits per heavy atom. The van der Waals surface area contributed by atoms with Crippen molar-refractivity contribution in [2.75, 3.05) is 65.1 Å². The molecule has 1 aliphatic heterocycles. The maximum absolute atomic E-state index is 15.1. The molecule has 0 aromatic heterocycles. The molecule has 5 fully saturated rings. The van der Waals surface area contributed by atoms with Gasteiger partial charge in [-0.25, -0.2) is 4.39 Å². The second kappa shape index (κ2) is 18.8. The van der Waals surface area contributed by atoms with E-state index in [1.54, 1.807) is 13.8 Å². The zero-order chi connectivity index (χ0) is 49.2. The number of carbonyl (C=O) groups is 2. The molecule has 10 atom stereocenters. The van der Waals surface area contributed by atoms with Crippen LogP contribution in [0.5, 0.6) is 0 Å². The summed E-state index contributed by atoms with van der Waals surface area (Å²) in [4.78, 5) is 28.5. The fraction of sp³-hybridized carbons (Fsp3) is 0.842. The van der Waals surface area contributed by atoms with Gasteiger partial charge in [-0.05, 0) is 225 Å². The highest BCUT2D eigenvalue weighted by Crippen LogP contribution is 2.77. The van der Waals surface area contributed by atoms with Crippen LogP contribution in [0.4, 0.5) is 4.39 Å². The van der Waals surface area contributed by atoms with Gasteiger partial charge in [-0.2, -0.15) is 0 Å². The van der Waals surface area contributed by atoms with E-state index in [0.717, 1.165) is 32.5 Å². The molecule has 10 heteroatoms. The number of rotatable bonds is 14. The maximum Gasteiger partial charge on any atom is 0.323 e. The van der Waals surface area contributed by atoms with Gasteiger partial charge in [0.1, 0.15) is 6.67 Å². The molecule has 1 saturated heterocycles. The summed E-state index contributed by atoms with van der Waals surface area (Å²) in [5.74, 6) is 2.41. The van der Waals surface area contributed by atoms with Crippen molar-refractivity contribution in [2.24, 2.45) is 67.5 Å². The van der Waals surface area contributed by atoms with Gasteiger partial charge in [-0.3, -0.25) is 15.0 Å². The molecule has 4 saturated carbocycles. The summed E-state index contributed by atoms with van der Waals surface area (Å²) in [6.45, 7) is 34.4. The quantitative estimate of drug-likeness (QED) is 0.0447. The minimum Gasteiger partial charge on any atom is -0.465 e. The minimum atomic E-state index is -1.58. The Hall–Kier alpha value is -2.17. The summed E-state index contributed by atoms with van der Waals surface area (Å²) in [6.07, 6.45) is 23.3. The summed E-state index contributed by atoms with van der Waals surface area (Å²) in [5, 5.41) is 13.1. The number of fused-ring (bicyclic) bond motifs is 7. The molecule has 0 spiro atoms. The van der Waals surface area contributed by atoms with E-state index in [1.165, 1.54) is 68.1 Å². The van der Waals surface area contributed by atoms with Crippen molar-refractivity contribution in [3.63, 3.8) is 0 Å². The first kappa shape index (κ1) is 52.6. The molecule has 7 rings (SSSR count). The minimum absolute atomic E-state index is 0.0129. The second-order valence-electron chi connectivity index (χ2n) is 25.7. The Labute approximate surface area is 408 Å². The molecule has 380 valence electrons. The first-order chi connectivity index (χ1) is 31.3. The fourth-order valence-corrected chi connectivity index (χ4v) is 17.3. The first-order valence-electron chi connectivity index (χ1n) is 26.7. The molecular formula is C57H94FN3O5S. The molecule has 67 heavy (non-hydrogen) atoms. The van der Waals surface area contributed by atoms with Crippen LogP contribution < -0.4 is 5.32 Å². The van der Waals surface area contributed by atoms with Crippen LogP contribution in [0.3, 0.4) is 0 Å². The molecule has 7 aliphatic rings. The topological polar surface area (TPSA) is 101 Å². The van der Waals surface area contributed by atoms with E-state index in [1.807, 2.05) is 0 Å². The molecule has 0 aromatic rings. The van der Waals surface area contributed by atoms with Crippen LogP contribution in [0.1, 0.15) is 166 Å². The number of esters is 2. The highest BCUT2D eigenvalue weighted by Gasteiger charge is 2.70. The lowest BCUT2D eigenvalue weighted by atomic mass is 9.32. The summed E-state index contributed by atoms with van der Waals surface area (Å²) in [5.41, 5.74) is 3.22. The van der Waals surface area contributed by atoms with Crippen molar-refractivity contribution in [3.05, 3.63) is 35.5 Å². The van der Waals surface area contributed by atoms with E-state index in [2.05, 4.69) is 104 Å². The number of allylic oxidation sites excluding steroid dienone is 5. The van der Waals surface area contributed by atoms with E-state index in [-0.39, 0.29) is 50.9 Å². The van der Waals surface area contributed by atoms with Gasteiger partial charge in [-0.15, -0.1) is 0 Å². The van der Waals surface area contributed by atoms with Gasteiger partial charge in [-0.1, -0.05) is 69.2 Å². The lowest BCUT2D eigenvalue weighted by Crippen LogP contribution is -2.66. The lowest BCUT2D eigenvalue weighted by molar-refractivity contribution is -0.226. The fourth-order valence-electron chi connectivity index (χ4n) is 16.5. The molecule has 0 radical (unpaired) electrons. The molecule has 1 heterocycles. The van der Waals surface area contributed by atoms with Crippen LogP contribution in [0, 0.1) is 72.9 Å². The Morgan fingerprint density at radius 2 is 1.52 bits per heavy atom. The van der Waals surface area contributed by atoms with Crippen LogP contribution >= 0.6 is 10.3 Å². The van der Waals surface area contributed by atoms with Crippen LogP contribution in [-0.2, 0) is 23.2 Å². The number of hydrogen-bond donors (Lipinski definition) is 2. The van der Waals surface area contributed by atoms with Gasteiger partial charge < -0.3 is 23.9 Å². The molecule has 0 amide bonds. The third-order valence-electron chi connectivity index (χ3n) is 21.4. The summed E-state index contributed by atoms with van der Waals surface area (Å²) in [6, 6.07) is 0. The number of likely N-dealkylation sites (tertiary alicyclic amines) is 1. The number of halogens is 1. The van der Waals surface area contributed by atoms with E-state index in [9.17, 15) is 9.59 Å². The van der Waals surface area contributed by atoms with Gasteiger partial charge in [0.05, 0.1) is 18.6 Å². The highest BCUT2D eigenvalue weighted by atomic mass is 32.3. The predicted octanol–water partition coefficient (Wildman–Crippen LogP) is 12.8. The average Bonchev–Trinajstić information content (AvgIpc) is 3.65. The van der Waals surface area contributed by atoms with Crippen LogP contribution in [0.25, 0.3) is 0 Å². The molecule has 0 bridgehead atoms. The molecule has 8 nitrogen and oxygen atoms in total. The molecule has 0 aromatic carbocycles. The van der Waals surface area contributed by atoms with Gasteiger partial charge >= 0.3 is 11.9 Å². The average molecular weight is 952 g/mol. The number of nitrogens with zero attached hydrogens (tertiary/aromatic N) is 1.